The molecule has 0 aliphatic carbocycles. The molecule has 2 aromatic rings. The van der Waals surface area contributed by atoms with Crippen LogP contribution in [0.2, 0.25) is 0 Å². The van der Waals surface area contributed by atoms with Gasteiger partial charge in [0.2, 0.25) is 0 Å². The molecule has 8 heteroatoms. The van der Waals surface area contributed by atoms with Crippen molar-refractivity contribution in [2.45, 2.75) is 24.7 Å². The average molecular weight is 440 g/mol. The molecule has 0 bridgehead atoms. The average Bonchev–Trinajstić information content (AvgIpc) is 2.70. The highest BCUT2D eigenvalue weighted by molar-refractivity contribution is 7.91. The molecule has 3 rings (SSSR count). The molecule has 0 saturated carbocycles. The Bertz CT molecular complexity index is 894. The van der Waals surface area contributed by atoms with Crippen LogP contribution in [0, 0.1) is 5.41 Å². The number of hydrogen-bond donors (Lipinski definition) is 1. The lowest BCUT2D eigenvalue weighted by molar-refractivity contribution is -0.155. The number of ether oxygens (including phenoxy) is 2. The minimum Gasteiger partial charge on any atom is -0.466 e. The molecule has 158 valence electrons. The van der Waals surface area contributed by atoms with E-state index in [-0.39, 0.29) is 29.7 Å². The number of esters is 1. The van der Waals surface area contributed by atoms with Crippen molar-refractivity contribution in [3.63, 3.8) is 0 Å². The van der Waals surface area contributed by atoms with E-state index >= 15 is 0 Å². The highest BCUT2D eigenvalue weighted by Crippen LogP contribution is 2.34. The third kappa shape index (κ3) is 5.72. The number of halogens is 1. The fourth-order valence-corrected chi connectivity index (χ4v) is 5.24. The molecule has 0 spiro atoms. The zero-order valence-corrected chi connectivity index (χ0v) is 17.9. The summed E-state index contributed by atoms with van der Waals surface area (Å²) in [7, 11) is -3.66. The molecule has 1 aliphatic heterocycles. The van der Waals surface area contributed by atoms with E-state index in [1.165, 1.54) is 12.1 Å². The number of carbonyl (C=O) groups excluding carboxylic acids is 1. The Morgan fingerprint density at radius 2 is 1.59 bits per heavy atom. The number of sulfone groups is 1. The van der Waals surface area contributed by atoms with Gasteiger partial charge in [0.1, 0.15) is 11.5 Å². The second-order valence-corrected chi connectivity index (χ2v) is 8.89. The summed E-state index contributed by atoms with van der Waals surface area (Å²) in [5.74, 6) is 0.546. The molecule has 1 aliphatic rings. The summed E-state index contributed by atoms with van der Waals surface area (Å²) in [6.45, 7) is 3.16. The van der Waals surface area contributed by atoms with Gasteiger partial charge in [-0.25, -0.2) is 8.42 Å². The van der Waals surface area contributed by atoms with Crippen LogP contribution in [-0.2, 0) is 19.4 Å². The maximum atomic E-state index is 13.0. The van der Waals surface area contributed by atoms with Crippen LogP contribution < -0.4 is 10.1 Å². The molecule has 6 nitrogen and oxygen atoms in total. The van der Waals surface area contributed by atoms with Gasteiger partial charge in [0, 0.05) is 0 Å². The molecule has 0 unspecified atom stereocenters. The van der Waals surface area contributed by atoms with Gasteiger partial charge in [-0.1, -0.05) is 18.2 Å². The molecule has 0 amide bonds. The first-order valence-electron chi connectivity index (χ1n) is 9.39. The van der Waals surface area contributed by atoms with Gasteiger partial charge in [0.05, 0.1) is 22.7 Å². The lowest BCUT2D eigenvalue weighted by Gasteiger charge is -2.34. The maximum absolute atomic E-state index is 13.0. The van der Waals surface area contributed by atoms with E-state index in [0.29, 0.717) is 37.4 Å². The molecule has 29 heavy (non-hydrogen) atoms. The summed E-state index contributed by atoms with van der Waals surface area (Å²) in [5, 5.41) is 3.17. The number of nitrogens with one attached hydrogen (secondary N) is 1. The van der Waals surface area contributed by atoms with Crippen molar-refractivity contribution in [1.29, 1.82) is 0 Å². The fraction of sp³-hybridized carbons (Fsp3) is 0.381. The van der Waals surface area contributed by atoms with Crippen LogP contribution >= 0.6 is 12.4 Å². The predicted molar refractivity (Wildman–Crippen MR) is 113 cm³/mol. The van der Waals surface area contributed by atoms with Gasteiger partial charge in [-0.15, -0.1) is 12.4 Å². The maximum Gasteiger partial charge on any atom is 0.313 e. The molecule has 1 heterocycles. The van der Waals surface area contributed by atoms with E-state index < -0.39 is 21.2 Å². The Morgan fingerprint density at radius 3 is 2.17 bits per heavy atom. The molecule has 1 fully saturated rings. The second-order valence-electron chi connectivity index (χ2n) is 6.90. The Labute approximate surface area is 177 Å². The van der Waals surface area contributed by atoms with Crippen molar-refractivity contribution in [2.24, 2.45) is 5.41 Å². The number of benzene rings is 2. The Hall–Kier alpha value is -2.09. The van der Waals surface area contributed by atoms with Crippen LogP contribution in [0.25, 0.3) is 0 Å². The zero-order valence-electron chi connectivity index (χ0n) is 16.3. The third-order valence-electron chi connectivity index (χ3n) is 4.90. The Balaban J connectivity index is 0.00000300. The molecule has 1 saturated heterocycles. The van der Waals surface area contributed by atoms with Gasteiger partial charge >= 0.3 is 5.97 Å². The van der Waals surface area contributed by atoms with Crippen LogP contribution in [-0.4, -0.2) is 39.8 Å². The fourth-order valence-electron chi connectivity index (χ4n) is 3.38. The van der Waals surface area contributed by atoms with Crippen molar-refractivity contribution in [3.8, 4) is 11.5 Å². The van der Waals surface area contributed by atoms with Crippen molar-refractivity contribution >= 4 is 28.2 Å². The highest BCUT2D eigenvalue weighted by atomic mass is 35.5. The summed E-state index contributed by atoms with van der Waals surface area (Å²) in [5.41, 5.74) is -1.00. The standard InChI is InChI=1S/C21H25NO5S.ClH/c1-2-26-20(23)21(12-14-22-15-13-21)16-28(24,25)19-10-8-18(9-11-19)27-17-6-4-3-5-7-17;/h3-11,22H,2,12-16H2,1H3;1H. The smallest absolute Gasteiger partial charge is 0.313 e. The van der Waals surface area contributed by atoms with E-state index in [0.717, 1.165) is 0 Å². The first kappa shape index (κ1) is 23.2. The summed E-state index contributed by atoms with van der Waals surface area (Å²) in [6.07, 6.45) is 0.889. The SMILES string of the molecule is CCOC(=O)C1(CS(=O)(=O)c2ccc(Oc3ccccc3)cc2)CCNCC1.Cl. The Morgan fingerprint density at radius 1 is 1.00 bits per heavy atom. The summed E-state index contributed by atoms with van der Waals surface area (Å²) in [6, 6.07) is 15.6. The van der Waals surface area contributed by atoms with Crippen LogP contribution in [0.5, 0.6) is 11.5 Å². The van der Waals surface area contributed by atoms with Crippen molar-refractivity contribution in [2.75, 3.05) is 25.4 Å². The number of hydrogen-bond acceptors (Lipinski definition) is 6. The van der Waals surface area contributed by atoms with Gasteiger partial charge in [-0.3, -0.25) is 4.79 Å². The zero-order chi connectivity index (χ0) is 20.0. The summed E-state index contributed by atoms with van der Waals surface area (Å²) in [4.78, 5) is 12.7. The highest BCUT2D eigenvalue weighted by Gasteiger charge is 2.45. The second kappa shape index (κ2) is 10.1. The number of para-hydroxylation sites is 1. The number of piperidine rings is 1. The first-order valence-corrected chi connectivity index (χ1v) is 11.0. The number of carbonyl (C=O) groups is 1. The Kier molecular flexibility index (Phi) is 8.07. The minimum absolute atomic E-state index is 0. The molecule has 1 N–H and O–H groups in total. The third-order valence-corrected chi connectivity index (χ3v) is 6.82. The van der Waals surface area contributed by atoms with Crippen LogP contribution in [0.15, 0.2) is 59.5 Å². The quantitative estimate of drug-likeness (QED) is 0.663. The lowest BCUT2D eigenvalue weighted by atomic mass is 9.81. The van der Waals surface area contributed by atoms with E-state index in [2.05, 4.69) is 5.32 Å². The predicted octanol–water partition coefficient (Wildman–Crippen LogP) is 3.61. The normalized spacial score (nSPS) is 15.8. The van der Waals surface area contributed by atoms with E-state index in [1.807, 2.05) is 30.3 Å². The van der Waals surface area contributed by atoms with Gasteiger partial charge in [-0.05, 0) is 69.3 Å². The summed E-state index contributed by atoms with van der Waals surface area (Å²) < 4.78 is 36.9. The monoisotopic (exact) mass is 439 g/mol. The topological polar surface area (TPSA) is 81.7 Å². The van der Waals surface area contributed by atoms with Gasteiger partial charge < -0.3 is 14.8 Å². The van der Waals surface area contributed by atoms with Gasteiger partial charge in [0.15, 0.2) is 9.84 Å². The number of rotatable bonds is 7. The molecular formula is C21H26ClNO5S. The van der Waals surface area contributed by atoms with Crippen molar-refractivity contribution in [1.82, 2.24) is 5.32 Å². The van der Waals surface area contributed by atoms with Crippen LogP contribution in [0.4, 0.5) is 0 Å². The molecule has 0 aromatic heterocycles. The molecule has 0 atom stereocenters. The van der Waals surface area contributed by atoms with Gasteiger partial charge in [0.25, 0.3) is 0 Å². The minimum atomic E-state index is -3.66. The summed E-state index contributed by atoms with van der Waals surface area (Å²) >= 11 is 0. The van der Waals surface area contributed by atoms with Crippen molar-refractivity contribution < 1.29 is 22.7 Å². The van der Waals surface area contributed by atoms with E-state index in [1.54, 1.807) is 19.1 Å². The molecule has 0 radical (unpaired) electrons. The first-order chi connectivity index (χ1) is 13.5. The van der Waals surface area contributed by atoms with E-state index in [4.69, 9.17) is 9.47 Å². The lowest BCUT2D eigenvalue weighted by Crippen LogP contribution is -2.47. The van der Waals surface area contributed by atoms with Gasteiger partial charge in [-0.2, -0.15) is 0 Å². The molecular weight excluding hydrogens is 414 g/mol. The van der Waals surface area contributed by atoms with Crippen molar-refractivity contribution in [3.05, 3.63) is 54.6 Å². The molecule has 2 aromatic carbocycles. The van der Waals surface area contributed by atoms with E-state index in [9.17, 15) is 13.2 Å². The largest absolute Gasteiger partial charge is 0.466 e. The van der Waals surface area contributed by atoms with Crippen LogP contribution in [0.1, 0.15) is 19.8 Å². The van der Waals surface area contributed by atoms with Crippen LogP contribution in [0.3, 0.4) is 0 Å².